The van der Waals surface area contributed by atoms with Crippen molar-refractivity contribution >= 4 is 27.2 Å². The van der Waals surface area contributed by atoms with Crippen molar-refractivity contribution in [2.24, 2.45) is 11.8 Å². The molecule has 1 unspecified atom stereocenters. The lowest BCUT2D eigenvalue weighted by molar-refractivity contribution is -0.133. The lowest BCUT2D eigenvalue weighted by atomic mass is 9.81. The third kappa shape index (κ3) is 6.60. The zero-order valence-corrected chi connectivity index (χ0v) is 21.1. The van der Waals surface area contributed by atoms with Crippen LogP contribution in [-0.2, 0) is 32.2 Å². The van der Waals surface area contributed by atoms with E-state index in [9.17, 15) is 13.2 Å². The van der Waals surface area contributed by atoms with Crippen molar-refractivity contribution in [2.75, 3.05) is 45.7 Å². The molecule has 4 rings (SSSR count). The number of nitrogens with zero attached hydrogens (tertiary/aromatic N) is 1. The van der Waals surface area contributed by atoms with Crippen LogP contribution < -0.4 is 4.74 Å². The van der Waals surface area contributed by atoms with Crippen LogP contribution in [0.4, 0.5) is 0 Å². The van der Waals surface area contributed by atoms with Crippen LogP contribution in [-0.4, -0.2) is 64.8 Å². The Kier molecular flexibility index (Phi) is 8.30. The predicted octanol–water partition coefficient (Wildman–Crippen LogP) is 3.84. The summed E-state index contributed by atoms with van der Waals surface area (Å²) in [6, 6.07) is 12.6. The molecule has 1 saturated heterocycles. The molecular formula is C26H32ClNO5S. The topological polar surface area (TPSA) is 72.9 Å². The first-order valence-corrected chi connectivity index (χ1v) is 14.1. The normalized spacial score (nSPS) is 20.8. The molecule has 2 aliphatic rings. The lowest BCUT2D eigenvalue weighted by Crippen LogP contribution is -2.40. The molecule has 1 fully saturated rings. The maximum atomic E-state index is 13.1. The van der Waals surface area contributed by atoms with Gasteiger partial charge in [-0.05, 0) is 66.8 Å². The van der Waals surface area contributed by atoms with Crippen molar-refractivity contribution < 1.29 is 22.7 Å². The van der Waals surface area contributed by atoms with Gasteiger partial charge in [0, 0.05) is 49.2 Å². The van der Waals surface area contributed by atoms with Gasteiger partial charge in [-0.3, -0.25) is 9.69 Å². The number of carbonyl (C=O) groups is 1. The molecule has 2 aromatic carbocycles. The summed E-state index contributed by atoms with van der Waals surface area (Å²) in [4.78, 5) is 15.7. The summed E-state index contributed by atoms with van der Waals surface area (Å²) in [6.07, 6.45) is 4.32. The van der Waals surface area contributed by atoms with Crippen LogP contribution in [0.1, 0.15) is 24.0 Å². The number of carbonyl (C=O) groups excluding carboxylic acids is 1. The van der Waals surface area contributed by atoms with Gasteiger partial charge in [0.05, 0.1) is 18.1 Å². The number of rotatable bonds is 6. The van der Waals surface area contributed by atoms with Crippen LogP contribution in [0.15, 0.2) is 47.4 Å². The quantitative estimate of drug-likeness (QED) is 0.594. The number of benzene rings is 2. The van der Waals surface area contributed by atoms with Gasteiger partial charge < -0.3 is 9.47 Å². The number of fused-ring (bicyclic) bond motifs is 1. The van der Waals surface area contributed by atoms with Crippen molar-refractivity contribution in [1.29, 1.82) is 0 Å². The molecule has 2 heterocycles. The number of ketones is 1. The van der Waals surface area contributed by atoms with Crippen LogP contribution >= 0.6 is 11.6 Å². The van der Waals surface area contributed by atoms with E-state index < -0.39 is 9.84 Å². The number of halogens is 1. The fraction of sp³-hybridized carbons (Fsp3) is 0.500. The van der Waals surface area contributed by atoms with Crippen LogP contribution in [0.5, 0.6) is 5.75 Å². The Morgan fingerprint density at radius 1 is 1.03 bits per heavy atom. The molecule has 2 aromatic rings. The highest BCUT2D eigenvalue weighted by Crippen LogP contribution is 2.29. The molecule has 0 saturated carbocycles. The molecule has 184 valence electrons. The average molecular weight is 506 g/mol. The monoisotopic (exact) mass is 505 g/mol. The van der Waals surface area contributed by atoms with E-state index in [0.29, 0.717) is 56.8 Å². The average Bonchev–Trinajstić information content (AvgIpc) is 2.79. The standard InChI is InChI=1S/C26H32ClNO5S/c1-34(30,31)24-7-5-23(6-8-24)33-15-14-28-12-10-20-16-22(27)4-2-19(20)3-9-25(21-17-32-18-21)26(29)11-13-28/h2,4-8,16,21,25H,3,9-15,17-18H2,1H3. The fourth-order valence-corrected chi connectivity index (χ4v) is 5.50. The molecule has 6 nitrogen and oxygen atoms in total. The molecule has 8 heteroatoms. The molecule has 0 radical (unpaired) electrons. The van der Waals surface area contributed by atoms with Crippen LogP contribution in [0, 0.1) is 11.8 Å². The van der Waals surface area contributed by atoms with Gasteiger partial charge in [-0.1, -0.05) is 17.7 Å². The van der Waals surface area contributed by atoms with E-state index >= 15 is 0 Å². The van der Waals surface area contributed by atoms with E-state index in [-0.39, 0.29) is 10.8 Å². The lowest BCUT2D eigenvalue weighted by Gasteiger charge is -2.33. The van der Waals surface area contributed by atoms with Crippen molar-refractivity contribution in [1.82, 2.24) is 4.90 Å². The Morgan fingerprint density at radius 3 is 2.44 bits per heavy atom. The number of ether oxygens (including phenoxy) is 2. The molecule has 0 amide bonds. The van der Waals surface area contributed by atoms with Gasteiger partial charge in [-0.15, -0.1) is 0 Å². The highest BCUT2D eigenvalue weighted by molar-refractivity contribution is 7.90. The fourth-order valence-electron chi connectivity index (χ4n) is 4.67. The molecule has 0 bridgehead atoms. The third-order valence-corrected chi connectivity index (χ3v) is 8.20. The zero-order valence-electron chi connectivity index (χ0n) is 19.5. The van der Waals surface area contributed by atoms with Gasteiger partial charge in [0.15, 0.2) is 9.84 Å². The van der Waals surface area contributed by atoms with Crippen molar-refractivity contribution in [2.45, 2.75) is 30.6 Å². The van der Waals surface area contributed by atoms with Gasteiger partial charge in [0.25, 0.3) is 0 Å². The Labute approximate surface area is 207 Å². The molecule has 0 spiro atoms. The number of hydrogen-bond acceptors (Lipinski definition) is 6. The molecule has 0 N–H and O–H groups in total. The number of aryl methyl sites for hydroxylation is 1. The second kappa shape index (κ2) is 11.2. The van der Waals surface area contributed by atoms with Crippen LogP contribution in [0.25, 0.3) is 0 Å². The summed E-state index contributed by atoms with van der Waals surface area (Å²) in [5.41, 5.74) is 2.51. The first-order chi connectivity index (χ1) is 16.3. The van der Waals surface area contributed by atoms with E-state index in [4.69, 9.17) is 21.1 Å². The summed E-state index contributed by atoms with van der Waals surface area (Å²) < 4.78 is 34.5. The first-order valence-electron chi connectivity index (χ1n) is 11.8. The molecule has 34 heavy (non-hydrogen) atoms. The maximum Gasteiger partial charge on any atom is 0.175 e. The smallest absolute Gasteiger partial charge is 0.175 e. The Hall–Kier alpha value is -1.93. The first kappa shape index (κ1) is 25.2. The third-order valence-electron chi connectivity index (χ3n) is 6.84. The number of Topliss-reactive ketones (excluding diaryl/α,β-unsaturated/α-hetero) is 1. The van der Waals surface area contributed by atoms with E-state index in [1.807, 2.05) is 6.07 Å². The zero-order chi connectivity index (χ0) is 24.1. The van der Waals surface area contributed by atoms with E-state index in [2.05, 4.69) is 17.0 Å². The highest BCUT2D eigenvalue weighted by atomic mass is 35.5. The molecular weight excluding hydrogens is 474 g/mol. The molecule has 0 aliphatic carbocycles. The van der Waals surface area contributed by atoms with Crippen molar-refractivity contribution in [3.8, 4) is 5.75 Å². The van der Waals surface area contributed by atoms with Crippen LogP contribution in [0.3, 0.4) is 0 Å². The van der Waals surface area contributed by atoms with E-state index in [0.717, 1.165) is 30.8 Å². The molecule has 1 atom stereocenters. The number of sulfone groups is 1. The highest BCUT2D eigenvalue weighted by Gasteiger charge is 2.33. The minimum atomic E-state index is -3.23. The molecule has 2 aliphatic heterocycles. The summed E-state index contributed by atoms with van der Waals surface area (Å²) in [5, 5.41) is 0.737. The second-order valence-electron chi connectivity index (χ2n) is 9.26. The second-order valence-corrected chi connectivity index (χ2v) is 11.7. The van der Waals surface area contributed by atoms with E-state index in [1.165, 1.54) is 17.4 Å². The van der Waals surface area contributed by atoms with Gasteiger partial charge in [0.2, 0.25) is 0 Å². The van der Waals surface area contributed by atoms with Gasteiger partial charge >= 0.3 is 0 Å². The predicted molar refractivity (Wildman–Crippen MR) is 132 cm³/mol. The van der Waals surface area contributed by atoms with Gasteiger partial charge in [0.1, 0.15) is 18.1 Å². The van der Waals surface area contributed by atoms with Crippen molar-refractivity contribution in [3.05, 3.63) is 58.6 Å². The summed E-state index contributed by atoms with van der Waals surface area (Å²) in [5.74, 6) is 1.33. The summed E-state index contributed by atoms with van der Waals surface area (Å²) >= 11 is 6.30. The summed E-state index contributed by atoms with van der Waals surface area (Å²) in [6.45, 7) is 3.99. The minimum absolute atomic E-state index is 0.0434. The summed E-state index contributed by atoms with van der Waals surface area (Å²) in [7, 11) is -3.23. The van der Waals surface area contributed by atoms with E-state index in [1.54, 1.807) is 24.3 Å². The Morgan fingerprint density at radius 2 is 1.76 bits per heavy atom. The Balaban J connectivity index is 1.42. The SMILES string of the molecule is CS(=O)(=O)c1ccc(OCCN2CCC(=O)C(C3COC3)CCc3ccc(Cl)cc3CC2)cc1. The maximum absolute atomic E-state index is 13.1. The molecule has 0 aromatic heterocycles. The van der Waals surface area contributed by atoms with Crippen LogP contribution in [0.2, 0.25) is 5.02 Å². The Bertz CT molecular complexity index is 1100. The van der Waals surface area contributed by atoms with Gasteiger partial charge in [-0.2, -0.15) is 0 Å². The van der Waals surface area contributed by atoms with Gasteiger partial charge in [-0.25, -0.2) is 8.42 Å². The largest absolute Gasteiger partial charge is 0.492 e. The number of hydrogen-bond donors (Lipinski definition) is 0. The minimum Gasteiger partial charge on any atom is -0.492 e. The van der Waals surface area contributed by atoms with Crippen molar-refractivity contribution in [3.63, 3.8) is 0 Å².